The third kappa shape index (κ3) is 2.71. The van der Waals surface area contributed by atoms with Crippen LogP contribution in [0.2, 0.25) is 0 Å². The van der Waals surface area contributed by atoms with Gasteiger partial charge in [-0.15, -0.1) is 0 Å². The second kappa shape index (κ2) is 6.31. The van der Waals surface area contributed by atoms with Crippen LogP contribution >= 0.6 is 0 Å². The highest BCUT2D eigenvalue weighted by molar-refractivity contribution is 6.07. The van der Waals surface area contributed by atoms with E-state index in [1.54, 1.807) is 6.07 Å². The van der Waals surface area contributed by atoms with Gasteiger partial charge < -0.3 is 14.7 Å². The van der Waals surface area contributed by atoms with Crippen LogP contribution in [-0.2, 0) is 0 Å². The first-order valence-electron chi connectivity index (χ1n) is 7.20. The second-order valence-corrected chi connectivity index (χ2v) is 5.17. The Morgan fingerprint density at radius 3 is 2.48 bits per heavy atom. The van der Waals surface area contributed by atoms with Crippen LogP contribution in [0.4, 0.5) is 8.78 Å². The van der Waals surface area contributed by atoms with Crippen LogP contribution < -0.4 is 9.16 Å². The molecule has 0 saturated heterocycles. The Morgan fingerprint density at radius 2 is 1.88 bits per heavy atom. The molecule has 1 aromatic heterocycles. The van der Waals surface area contributed by atoms with Crippen molar-refractivity contribution in [2.75, 3.05) is 7.11 Å². The summed E-state index contributed by atoms with van der Waals surface area (Å²) < 4.78 is 31.9. The molecule has 0 aliphatic carbocycles. The van der Waals surface area contributed by atoms with E-state index in [4.69, 9.17) is 4.74 Å². The molecule has 0 aliphatic rings. The SMILES string of the molecule is COc1ccc2c(c1)n([O-])c(C(F)F)c(C(=O)c1ccccc1)[n+]2=O. The fourth-order valence-electron chi connectivity index (χ4n) is 2.54. The molecule has 3 aromatic rings. The molecule has 3 rings (SSSR count). The van der Waals surface area contributed by atoms with Crippen molar-refractivity contribution in [2.45, 2.75) is 6.43 Å². The molecule has 0 atom stereocenters. The maximum absolute atomic E-state index is 13.5. The summed E-state index contributed by atoms with van der Waals surface area (Å²) in [6.45, 7) is 0. The first-order chi connectivity index (χ1) is 12.0. The number of fused-ring (bicyclic) bond motifs is 1. The number of methoxy groups -OCH3 is 1. The number of halogens is 2. The summed E-state index contributed by atoms with van der Waals surface area (Å²) in [4.78, 5) is 25.2. The third-order valence-electron chi connectivity index (χ3n) is 3.74. The van der Waals surface area contributed by atoms with E-state index in [-0.39, 0.29) is 31.5 Å². The fraction of sp³-hybridized carbons (Fsp3) is 0.118. The highest BCUT2D eigenvalue weighted by Crippen LogP contribution is 2.27. The Kier molecular flexibility index (Phi) is 4.18. The predicted molar refractivity (Wildman–Crippen MR) is 85.5 cm³/mol. The molecule has 0 aliphatic heterocycles. The molecule has 8 heteroatoms. The van der Waals surface area contributed by atoms with Crippen molar-refractivity contribution in [1.29, 1.82) is 0 Å². The van der Waals surface area contributed by atoms with Crippen molar-refractivity contribution < 1.29 is 22.7 Å². The molecule has 0 fully saturated rings. The van der Waals surface area contributed by atoms with Crippen LogP contribution in [0.25, 0.3) is 11.0 Å². The number of ketones is 1. The molecule has 0 spiro atoms. The number of benzene rings is 2. The number of hydrogen-bond acceptors (Lipinski definition) is 4. The highest BCUT2D eigenvalue weighted by atomic mass is 19.3. The summed E-state index contributed by atoms with van der Waals surface area (Å²) in [7, 11) is 1.34. The maximum atomic E-state index is 13.5. The molecule has 25 heavy (non-hydrogen) atoms. The van der Waals surface area contributed by atoms with Crippen molar-refractivity contribution in [3.05, 3.63) is 75.6 Å². The lowest BCUT2D eigenvalue weighted by atomic mass is 10.1. The number of nitrogens with zero attached hydrogens (tertiary/aromatic N) is 2. The van der Waals surface area contributed by atoms with Crippen LogP contribution in [0.1, 0.15) is 28.2 Å². The zero-order chi connectivity index (χ0) is 18.1. The van der Waals surface area contributed by atoms with Gasteiger partial charge in [0, 0.05) is 22.6 Å². The first kappa shape index (κ1) is 16.6. The average Bonchev–Trinajstić information content (AvgIpc) is 2.63. The average molecular weight is 346 g/mol. The standard InChI is InChI=1S/C17H12F2N2O4/c1-25-11-7-8-12-13(9-11)21(24)15(17(18)19)14(20(12)23)16(22)10-5-3-2-4-6-10/h2-9,17H,1H3. The molecular formula is C17H12F2N2O4. The Morgan fingerprint density at radius 1 is 1.20 bits per heavy atom. The number of aromatic nitrogens is 2. The van der Waals surface area contributed by atoms with E-state index in [1.165, 1.54) is 49.6 Å². The molecule has 6 nitrogen and oxygen atoms in total. The molecule has 0 N–H and O–H groups in total. The van der Waals surface area contributed by atoms with Gasteiger partial charge in [0.1, 0.15) is 11.3 Å². The van der Waals surface area contributed by atoms with Crippen LogP contribution in [-0.4, -0.2) is 17.6 Å². The van der Waals surface area contributed by atoms with E-state index in [0.717, 1.165) is 0 Å². The summed E-state index contributed by atoms with van der Waals surface area (Å²) in [5.74, 6) is -0.729. The lowest BCUT2D eigenvalue weighted by Gasteiger charge is -2.18. The first-order valence-corrected chi connectivity index (χ1v) is 7.20. The molecule has 0 unspecified atom stereocenters. The van der Waals surface area contributed by atoms with Crippen molar-refractivity contribution in [3.63, 3.8) is 0 Å². The Bertz CT molecular complexity index is 1020. The van der Waals surface area contributed by atoms with Gasteiger partial charge in [-0.2, -0.15) is 0 Å². The minimum Gasteiger partial charge on any atom is -0.805 e. The predicted octanol–water partition coefficient (Wildman–Crippen LogP) is 3.08. The smallest absolute Gasteiger partial charge is 0.335 e. The summed E-state index contributed by atoms with van der Waals surface area (Å²) in [5.41, 5.74) is -2.57. The minimum absolute atomic E-state index is 0.0295. The molecule has 0 amide bonds. The van der Waals surface area contributed by atoms with Gasteiger partial charge in [-0.1, -0.05) is 30.3 Å². The molecule has 0 saturated carbocycles. The lowest BCUT2D eigenvalue weighted by Crippen LogP contribution is -2.32. The van der Waals surface area contributed by atoms with Gasteiger partial charge in [0.2, 0.25) is 0 Å². The summed E-state index contributed by atoms with van der Waals surface area (Å²) in [6.07, 6.45) is -3.31. The van der Waals surface area contributed by atoms with Gasteiger partial charge in [0.25, 0.3) is 17.7 Å². The van der Waals surface area contributed by atoms with Gasteiger partial charge in [0.05, 0.1) is 11.5 Å². The Labute approximate surface area is 140 Å². The Balaban J connectivity index is 2.39. The number of carbonyl (C=O) groups excluding carboxylic acids is 1. The zero-order valence-corrected chi connectivity index (χ0v) is 13.0. The molecule has 0 radical (unpaired) electrons. The number of rotatable bonds is 4. The van der Waals surface area contributed by atoms with E-state index in [1.807, 2.05) is 0 Å². The van der Waals surface area contributed by atoms with Gasteiger partial charge in [0.15, 0.2) is 5.69 Å². The van der Waals surface area contributed by atoms with Gasteiger partial charge in [-0.05, 0) is 6.07 Å². The van der Waals surface area contributed by atoms with Crippen molar-refractivity contribution in [3.8, 4) is 5.75 Å². The van der Waals surface area contributed by atoms with Crippen molar-refractivity contribution in [1.82, 2.24) is 4.73 Å². The summed E-state index contributed by atoms with van der Waals surface area (Å²) in [6, 6.07) is 11.3. The minimum atomic E-state index is -3.31. The monoisotopic (exact) mass is 346 g/mol. The molecule has 2 aromatic carbocycles. The number of hydrogen-bond donors (Lipinski definition) is 0. The van der Waals surface area contributed by atoms with Gasteiger partial charge in [-0.25, -0.2) is 8.78 Å². The number of carbonyl (C=O) groups is 1. The van der Waals surface area contributed by atoms with E-state index < -0.39 is 23.6 Å². The summed E-state index contributed by atoms with van der Waals surface area (Å²) in [5, 5.41) is 12.4. The van der Waals surface area contributed by atoms with Crippen molar-refractivity contribution in [2.24, 2.45) is 0 Å². The number of alkyl halides is 2. The highest BCUT2D eigenvalue weighted by Gasteiger charge is 2.34. The number of ether oxygens (including phenoxy) is 1. The van der Waals surface area contributed by atoms with E-state index >= 15 is 0 Å². The van der Waals surface area contributed by atoms with Crippen LogP contribution in [0.3, 0.4) is 0 Å². The largest absolute Gasteiger partial charge is 0.805 e. The van der Waals surface area contributed by atoms with E-state index in [0.29, 0.717) is 0 Å². The van der Waals surface area contributed by atoms with Gasteiger partial charge >= 0.3 is 5.69 Å². The second-order valence-electron chi connectivity index (χ2n) is 5.17. The van der Waals surface area contributed by atoms with E-state index in [2.05, 4.69) is 0 Å². The van der Waals surface area contributed by atoms with Crippen LogP contribution in [0, 0.1) is 10.1 Å². The molecule has 1 heterocycles. The Hall–Kier alpha value is -3.29. The summed E-state index contributed by atoms with van der Waals surface area (Å²) >= 11 is 0. The topological polar surface area (TPSA) is 77.3 Å². The van der Waals surface area contributed by atoms with Gasteiger partial charge in [-0.3, -0.25) is 4.79 Å². The van der Waals surface area contributed by atoms with Crippen LogP contribution in [0.15, 0.2) is 48.5 Å². The fourth-order valence-corrected chi connectivity index (χ4v) is 2.54. The quantitative estimate of drug-likeness (QED) is 0.537. The van der Waals surface area contributed by atoms with Crippen LogP contribution in [0.5, 0.6) is 5.75 Å². The molecular weight excluding hydrogens is 334 g/mol. The lowest BCUT2D eigenvalue weighted by molar-refractivity contribution is -0.468. The third-order valence-corrected chi connectivity index (χ3v) is 3.74. The molecule has 128 valence electrons. The normalized spacial score (nSPS) is 11.0. The molecule has 0 bridgehead atoms. The van der Waals surface area contributed by atoms with Crippen molar-refractivity contribution >= 4 is 16.8 Å². The van der Waals surface area contributed by atoms with E-state index in [9.17, 15) is 23.7 Å². The zero-order valence-electron chi connectivity index (χ0n) is 13.0. The maximum Gasteiger partial charge on any atom is 0.335 e.